The second-order valence-corrected chi connectivity index (χ2v) is 10.3. The molecule has 0 spiro atoms. The highest BCUT2D eigenvalue weighted by Gasteiger charge is 2.41. The van der Waals surface area contributed by atoms with E-state index in [1.165, 1.54) is 13.0 Å². The number of nitrogens with one attached hydrogen (secondary N) is 2. The molecule has 184 valence electrons. The molecule has 0 unspecified atom stereocenters. The molecule has 1 saturated carbocycles. The van der Waals surface area contributed by atoms with E-state index in [0.717, 1.165) is 40.9 Å². The minimum atomic E-state index is -4.52. The molecule has 0 radical (unpaired) electrons. The van der Waals surface area contributed by atoms with Crippen molar-refractivity contribution in [1.29, 1.82) is 0 Å². The van der Waals surface area contributed by atoms with E-state index in [-0.39, 0.29) is 18.0 Å². The highest BCUT2D eigenvalue weighted by atomic mass is 127. The summed E-state index contributed by atoms with van der Waals surface area (Å²) in [5.41, 5.74) is -0.253. The monoisotopic (exact) mass is 593 g/mol. The molecule has 4 nitrogen and oxygen atoms in total. The number of carbonyl (C=O) groups is 1. The first kappa shape index (κ1) is 25.5. The Labute approximate surface area is 216 Å². The van der Waals surface area contributed by atoms with Crippen molar-refractivity contribution in [2.75, 3.05) is 0 Å². The Balaban J connectivity index is 1.88. The van der Waals surface area contributed by atoms with Crippen LogP contribution < -0.4 is 10.6 Å². The van der Waals surface area contributed by atoms with Crippen molar-refractivity contribution in [3.8, 4) is 0 Å². The van der Waals surface area contributed by atoms with Gasteiger partial charge < -0.3 is 10.6 Å². The number of aryl methyl sites for hydroxylation is 1. The predicted molar refractivity (Wildman–Crippen MR) is 138 cm³/mol. The number of urea groups is 1. The molecule has 2 amide bonds. The molecule has 0 bridgehead atoms. The first-order valence-electron chi connectivity index (χ1n) is 11.6. The molecule has 2 N–H and O–H groups in total. The molecule has 2 aromatic carbocycles. The third kappa shape index (κ3) is 5.97. The van der Waals surface area contributed by atoms with Crippen molar-refractivity contribution in [3.05, 3.63) is 98.4 Å². The summed E-state index contributed by atoms with van der Waals surface area (Å²) < 4.78 is 42.6. The van der Waals surface area contributed by atoms with E-state index in [2.05, 4.69) is 38.2 Å². The summed E-state index contributed by atoms with van der Waals surface area (Å²) in [5.74, 6) is 0. The maximum Gasteiger partial charge on any atom is 0.416 e. The second kappa shape index (κ2) is 10.6. The number of hydrogen-bond acceptors (Lipinski definition) is 2. The third-order valence-corrected chi connectivity index (χ3v) is 7.17. The lowest BCUT2D eigenvalue weighted by molar-refractivity contribution is -0.138. The zero-order valence-corrected chi connectivity index (χ0v) is 21.5. The fraction of sp³-hybridized carbons (Fsp3) is 0.333. The van der Waals surface area contributed by atoms with Gasteiger partial charge in [-0.25, -0.2) is 4.79 Å². The van der Waals surface area contributed by atoms with Crippen molar-refractivity contribution in [1.82, 2.24) is 15.6 Å². The number of aromatic nitrogens is 1. The minimum absolute atomic E-state index is 0.0536. The maximum absolute atomic E-state index is 13.9. The maximum atomic E-state index is 13.9. The average molecular weight is 593 g/mol. The first-order chi connectivity index (χ1) is 16.7. The zero-order chi connectivity index (χ0) is 25.1. The summed E-state index contributed by atoms with van der Waals surface area (Å²) in [6.45, 7) is 1.44. The van der Waals surface area contributed by atoms with Crippen LogP contribution in [0.15, 0.2) is 66.9 Å². The number of benzene rings is 2. The van der Waals surface area contributed by atoms with Crippen LogP contribution in [0.2, 0.25) is 0 Å². The van der Waals surface area contributed by atoms with Gasteiger partial charge in [0.15, 0.2) is 0 Å². The lowest BCUT2D eigenvalue weighted by atomic mass is 9.79. The van der Waals surface area contributed by atoms with Gasteiger partial charge in [-0.15, -0.1) is 0 Å². The van der Waals surface area contributed by atoms with Crippen LogP contribution in [0.3, 0.4) is 0 Å². The Hall–Kier alpha value is -2.62. The molecule has 0 aliphatic heterocycles. The molecule has 1 fully saturated rings. The minimum Gasteiger partial charge on any atom is -0.335 e. The van der Waals surface area contributed by atoms with E-state index in [0.29, 0.717) is 11.3 Å². The first-order valence-corrected chi connectivity index (χ1v) is 12.7. The highest BCUT2D eigenvalue weighted by molar-refractivity contribution is 14.1. The van der Waals surface area contributed by atoms with E-state index in [9.17, 15) is 18.0 Å². The summed E-state index contributed by atoms with van der Waals surface area (Å²) in [4.78, 5) is 17.9. The van der Waals surface area contributed by atoms with Crippen LogP contribution >= 0.6 is 22.6 Å². The van der Waals surface area contributed by atoms with Crippen LogP contribution in [-0.4, -0.2) is 17.1 Å². The van der Waals surface area contributed by atoms with E-state index in [1.807, 2.05) is 36.4 Å². The molecular weight excluding hydrogens is 566 g/mol. The summed E-state index contributed by atoms with van der Waals surface area (Å²) in [6.07, 6.45) is 1.25. The standard InChI is InChI=1S/C27H27F3IN3O/c1-18-11-12-20(15-23(18)27(28,29)30)26(16-19-7-3-2-4-8-19,24-14-13-21(31)17-32-24)34-25(35)33-22-9-5-6-10-22/h2-4,7-8,11-15,17,22H,5-6,9-10,16H2,1H3,(H2,33,34,35)/t26-/m0/s1. The summed E-state index contributed by atoms with van der Waals surface area (Å²) >= 11 is 2.13. The van der Waals surface area contributed by atoms with Gasteiger partial charge in [-0.3, -0.25) is 4.98 Å². The fourth-order valence-electron chi connectivity index (χ4n) is 4.73. The Morgan fingerprint density at radius 3 is 2.40 bits per heavy atom. The number of hydrogen-bond donors (Lipinski definition) is 2. The Kier molecular flexibility index (Phi) is 7.68. The molecule has 1 aliphatic carbocycles. The zero-order valence-electron chi connectivity index (χ0n) is 19.3. The van der Waals surface area contributed by atoms with E-state index in [1.54, 1.807) is 18.3 Å². The molecule has 0 saturated heterocycles. The summed E-state index contributed by atoms with van der Waals surface area (Å²) in [6, 6.07) is 16.9. The van der Waals surface area contributed by atoms with E-state index < -0.39 is 23.3 Å². The van der Waals surface area contributed by atoms with Crippen molar-refractivity contribution < 1.29 is 18.0 Å². The van der Waals surface area contributed by atoms with Gasteiger partial charge in [0, 0.05) is 22.2 Å². The normalized spacial score (nSPS) is 16.0. The number of carbonyl (C=O) groups excluding carboxylic acids is 1. The molecule has 3 aromatic rings. The largest absolute Gasteiger partial charge is 0.416 e. The molecule has 1 atom stereocenters. The number of rotatable bonds is 6. The second-order valence-electron chi connectivity index (χ2n) is 9.04. The summed E-state index contributed by atoms with van der Waals surface area (Å²) in [7, 11) is 0. The highest BCUT2D eigenvalue weighted by Crippen LogP contribution is 2.38. The quantitative estimate of drug-likeness (QED) is 0.311. The van der Waals surface area contributed by atoms with Crippen molar-refractivity contribution in [2.45, 2.75) is 56.8 Å². The number of amides is 2. The molecule has 1 heterocycles. The summed E-state index contributed by atoms with van der Waals surface area (Å²) in [5, 5.41) is 6.10. The molecule has 4 rings (SSSR count). The van der Waals surface area contributed by atoms with Gasteiger partial charge in [-0.1, -0.05) is 55.3 Å². The predicted octanol–water partition coefficient (Wildman–Crippen LogP) is 6.74. The molecule has 8 heteroatoms. The van der Waals surface area contributed by atoms with Crippen LogP contribution in [0, 0.1) is 10.5 Å². The molecular formula is C27H27F3IN3O. The van der Waals surface area contributed by atoms with Gasteiger partial charge in [0.25, 0.3) is 0 Å². The number of halogens is 4. The van der Waals surface area contributed by atoms with Crippen LogP contribution in [0.1, 0.15) is 53.6 Å². The average Bonchev–Trinajstić information content (AvgIpc) is 3.32. The van der Waals surface area contributed by atoms with Crippen LogP contribution in [0.4, 0.5) is 18.0 Å². The SMILES string of the molecule is Cc1ccc([C@](Cc2ccccc2)(NC(=O)NC2CCCC2)c2ccc(I)cn2)cc1C(F)(F)F. The Morgan fingerprint density at radius 2 is 1.77 bits per heavy atom. The third-order valence-electron chi connectivity index (χ3n) is 6.53. The van der Waals surface area contributed by atoms with Crippen molar-refractivity contribution in [3.63, 3.8) is 0 Å². The smallest absolute Gasteiger partial charge is 0.335 e. The van der Waals surface area contributed by atoms with Crippen LogP contribution in [-0.2, 0) is 18.1 Å². The number of pyridine rings is 1. The van der Waals surface area contributed by atoms with Crippen molar-refractivity contribution in [2.24, 2.45) is 0 Å². The number of alkyl halides is 3. The van der Waals surface area contributed by atoms with Gasteiger partial charge >= 0.3 is 12.2 Å². The van der Waals surface area contributed by atoms with Crippen LogP contribution in [0.25, 0.3) is 0 Å². The fourth-order valence-corrected chi connectivity index (χ4v) is 5.05. The molecule has 1 aliphatic rings. The van der Waals surface area contributed by atoms with E-state index in [4.69, 9.17) is 0 Å². The van der Waals surface area contributed by atoms with Gasteiger partial charge in [0.05, 0.1) is 11.3 Å². The lowest BCUT2D eigenvalue weighted by Gasteiger charge is -2.36. The van der Waals surface area contributed by atoms with Gasteiger partial charge in [-0.2, -0.15) is 13.2 Å². The van der Waals surface area contributed by atoms with Gasteiger partial charge in [-0.05, 0) is 77.2 Å². The van der Waals surface area contributed by atoms with Gasteiger partial charge in [0.1, 0.15) is 5.54 Å². The van der Waals surface area contributed by atoms with Gasteiger partial charge in [0.2, 0.25) is 0 Å². The van der Waals surface area contributed by atoms with Crippen molar-refractivity contribution >= 4 is 28.6 Å². The molecule has 1 aromatic heterocycles. The lowest BCUT2D eigenvalue weighted by Crippen LogP contribution is -2.54. The Bertz CT molecular complexity index is 1160. The molecule has 35 heavy (non-hydrogen) atoms. The van der Waals surface area contributed by atoms with Crippen LogP contribution in [0.5, 0.6) is 0 Å². The van der Waals surface area contributed by atoms with E-state index >= 15 is 0 Å². The Morgan fingerprint density at radius 1 is 1.06 bits per heavy atom. The number of nitrogens with zero attached hydrogens (tertiary/aromatic N) is 1. The topological polar surface area (TPSA) is 54.0 Å².